The first kappa shape index (κ1) is 23.8. The van der Waals surface area contributed by atoms with Crippen molar-refractivity contribution in [1.29, 1.82) is 0 Å². The molecule has 2 rings (SSSR count). The number of rotatable bonds is 12. The van der Waals surface area contributed by atoms with Gasteiger partial charge in [0.1, 0.15) is 5.82 Å². The van der Waals surface area contributed by atoms with Gasteiger partial charge in [-0.1, -0.05) is 6.07 Å². The lowest BCUT2D eigenvalue weighted by Crippen LogP contribution is -2.25. The van der Waals surface area contributed by atoms with Crippen LogP contribution < -0.4 is 10.3 Å². The fourth-order valence-corrected chi connectivity index (χ4v) is 3.26. The molecule has 0 radical (unpaired) electrons. The fraction of sp³-hybridized carbons (Fsp3) is 0.591. The van der Waals surface area contributed by atoms with Gasteiger partial charge in [-0.2, -0.15) is 0 Å². The summed E-state index contributed by atoms with van der Waals surface area (Å²) in [5, 5.41) is 14.0. The van der Waals surface area contributed by atoms with E-state index in [2.05, 4.69) is 5.10 Å². The van der Waals surface area contributed by atoms with Gasteiger partial charge in [0.15, 0.2) is 0 Å². The molecule has 0 aliphatic heterocycles. The highest BCUT2D eigenvalue weighted by Gasteiger charge is 2.15. The summed E-state index contributed by atoms with van der Waals surface area (Å²) in [6.45, 7) is 5.61. The molecule has 0 amide bonds. The van der Waals surface area contributed by atoms with Crippen LogP contribution >= 0.6 is 0 Å². The molecule has 1 aromatic heterocycles. The van der Waals surface area contributed by atoms with Crippen LogP contribution in [0.1, 0.15) is 59.3 Å². The maximum absolute atomic E-state index is 14.4. The summed E-state index contributed by atoms with van der Waals surface area (Å²) in [7, 11) is 0. The Bertz CT molecular complexity index is 897. The van der Waals surface area contributed by atoms with Gasteiger partial charge in [-0.05, 0) is 64.5 Å². The average molecular weight is 422 g/mol. The number of aliphatic hydroxyl groups excluding tert-OH is 1. The van der Waals surface area contributed by atoms with E-state index in [1.54, 1.807) is 13.0 Å². The molecule has 8 heteroatoms. The molecule has 0 bridgehead atoms. The largest absolute Gasteiger partial charge is 0.476 e. The molecule has 0 spiro atoms. The summed E-state index contributed by atoms with van der Waals surface area (Å²) in [4.78, 5) is 23.7. The number of aliphatic hydroxyl groups is 1. The van der Waals surface area contributed by atoms with Crippen LogP contribution in [0.15, 0.2) is 23.0 Å². The van der Waals surface area contributed by atoms with Crippen molar-refractivity contribution in [1.82, 2.24) is 9.78 Å². The monoisotopic (exact) mass is 422 g/mol. The zero-order valence-corrected chi connectivity index (χ0v) is 17.9. The van der Waals surface area contributed by atoms with Crippen LogP contribution in [0, 0.1) is 5.82 Å². The van der Waals surface area contributed by atoms with E-state index in [0.29, 0.717) is 37.8 Å². The van der Waals surface area contributed by atoms with Gasteiger partial charge in [-0.15, -0.1) is 5.10 Å². The van der Waals surface area contributed by atoms with Gasteiger partial charge in [0.2, 0.25) is 5.88 Å². The second-order valence-electron chi connectivity index (χ2n) is 7.60. The predicted molar refractivity (Wildman–Crippen MR) is 112 cm³/mol. The van der Waals surface area contributed by atoms with E-state index in [9.17, 15) is 19.1 Å². The molecule has 2 atom stereocenters. The number of hydrogen-bond acceptors (Lipinski definition) is 6. The molecule has 1 N–H and O–H groups in total. The molecule has 0 aliphatic rings. The highest BCUT2D eigenvalue weighted by atomic mass is 19.1. The van der Waals surface area contributed by atoms with E-state index in [0.717, 1.165) is 19.3 Å². The normalized spacial score (nSPS) is 13.2. The van der Waals surface area contributed by atoms with Crippen molar-refractivity contribution < 1.29 is 23.8 Å². The Morgan fingerprint density at radius 1 is 1.20 bits per heavy atom. The van der Waals surface area contributed by atoms with Crippen molar-refractivity contribution in [3.05, 3.63) is 34.4 Å². The molecule has 1 heterocycles. The van der Waals surface area contributed by atoms with Gasteiger partial charge in [0, 0.05) is 13.5 Å². The van der Waals surface area contributed by atoms with Gasteiger partial charge in [-0.3, -0.25) is 9.59 Å². The number of esters is 1. The minimum Gasteiger partial charge on any atom is -0.476 e. The van der Waals surface area contributed by atoms with Crippen molar-refractivity contribution in [2.24, 2.45) is 0 Å². The van der Waals surface area contributed by atoms with Gasteiger partial charge in [0.05, 0.1) is 29.6 Å². The number of aromatic nitrogens is 2. The van der Waals surface area contributed by atoms with E-state index in [-0.39, 0.29) is 29.4 Å². The number of aryl methyl sites for hydroxylation is 1. The Labute approximate surface area is 175 Å². The number of carbonyl (C=O) groups excluding carboxylic acids is 1. The van der Waals surface area contributed by atoms with Gasteiger partial charge in [-0.25, -0.2) is 9.07 Å². The zero-order chi connectivity index (χ0) is 22.1. The first-order valence-corrected chi connectivity index (χ1v) is 10.5. The quantitative estimate of drug-likeness (QED) is 0.415. The number of carbonyl (C=O) groups is 1. The number of benzene rings is 1. The van der Waals surface area contributed by atoms with E-state index < -0.39 is 11.4 Å². The lowest BCUT2D eigenvalue weighted by Gasteiger charge is -2.14. The summed E-state index contributed by atoms with van der Waals surface area (Å²) < 4.78 is 26.5. The fourth-order valence-electron chi connectivity index (χ4n) is 3.26. The number of halogens is 1. The van der Waals surface area contributed by atoms with E-state index in [4.69, 9.17) is 9.47 Å². The summed E-state index contributed by atoms with van der Waals surface area (Å²) in [6.07, 6.45) is 3.67. The lowest BCUT2D eigenvalue weighted by molar-refractivity contribution is -0.145. The molecule has 0 aliphatic carbocycles. The maximum atomic E-state index is 14.4. The molecule has 0 fully saturated rings. The van der Waals surface area contributed by atoms with Crippen molar-refractivity contribution in [2.75, 3.05) is 6.61 Å². The van der Waals surface area contributed by atoms with Gasteiger partial charge < -0.3 is 14.6 Å². The molecule has 2 aromatic rings. The smallest absolute Gasteiger partial charge is 0.302 e. The third-order valence-electron chi connectivity index (χ3n) is 4.76. The number of fused-ring (bicyclic) bond motifs is 1. The van der Waals surface area contributed by atoms with Crippen LogP contribution in [0.2, 0.25) is 0 Å². The standard InChI is InChI=1S/C22H31FN2O5/c1-15(26)9-5-7-14-29-21-18-11-8-12-19(23)20(18)22(28)25(24-21)13-6-4-10-16(2)30-17(3)27/h8,11-12,15-16,26H,4-7,9-10,13-14H2,1-3H3/t15?,16-/m1/s1. The zero-order valence-electron chi connectivity index (χ0n) is 17.9. The predicted octanol–water partition coefficient (Wildman–Crippen LogP) is 3.59. The van der Waals surface area contributed by atoms with Crippen molar-refractivity contribution in [3.63, 3.8) is 0 Å². The van der Waals surface area contributed by atoms with Crippen molar-refractivity contribution in [2.45, 2.75) is 78.0 Å². The lowest BCUT2D eigenvalue weighted by atomic mass is 10.1. The molecular weight excluding hydrogens is 391 g/mol. The SMILES string of the molecule is CC(=O)O[C@H](C)CCCCn1nc(OCCCCC(C)O)c2cccc(F)c2c1=O. The van der Waals surface area contributed by atoms with Crippen LogP contribution in [0.5, 0.6) is 5.88 Å². The molecule has 1 unspecified atom stereocenters. The Hall–Kier alpha value is -2.48. The van der Waals surface area contributed by atoms with Crippen LogP contribution in [0.4, 0.5) is 4.39 Å². The van der Waals surface area contributed by atoms with E-state index in [1.165, 1.54) is 23.7 Å². The summed E-state index contributed by atoms with van der Waals surface area (Å²) >= 11 is 0. The van der Waals surface area contributed by atoms with E-state index >= 15 is 0 Å². The van der Waals surface area contributed by atoms with Crippen molar-refractivity contribution >= 4 is 16.7 Å². The average Bonchev–Trinajstić information content (AvgIpc) is 2.66. The second kappa shape index (κ2) is 11.6. The molecular formula is C22H31FN2O5. The topological polar surface area (TPSA) is 90.7 Å². The molecule has 0 saturated carbocycles. The number of unbranched alkanes of at least 4 members (excludes halogenated alkanes) is 2. The minimum absolute atomic E-state index is 0.0280. The van der Waals surface area contributed by atoms with Gasteiger partial charge >= 0.3 is 5.97 Å². The molecule has 30 heavy (non-hydrogen) atoms. The third-order valence-corrected chi connectivity index (χ3v) is 4.76. The van der Waals surface area contributed by atoms with Crippen LogP contribution in [0.25, 0.3) is 10.8 Å². The number of nitrogens with zero attached hydrogens (tertiary/aromatic N) is 2. The second-order valence-corrected chi connectivity index (χ2v) is 7.60. The Balaban J connectivity index is 2.09. The minimum atomic E-state index is -0.601. The molecule has 7 nitrogen and oxygen atoms in total. The molecule has 1 aromatic carbocycles. The van der Waals surface area contributed by atoms with Gasteiger partial charge in [0.25, 0.3) is 5.56 Å². The Morgan fingerprint density at radius 2 is 1.93 bits per heavy atom. The molecule has 166 valence electrons. The Kier molecular flexibility index (Phi) is 9.23. The first-order chi connectivity index (χ1) is 14.3. The summed E-state index contributed by atoms with van der Waals surface area (Å²) in [5.74, 6) is -0.689. The maximum Gasteiger partial charge on any atom is 0.302 e. The highest BCUT2D eigenvalue weighted by molar-refractivity contribution is 5.86. The number of hydrogen-bond donors (Lipinski definition) is 1. The van der Waals surface area contributed by atoms with Crippen LogP contribution in [-0.4, -0.2) is 39.7 Å². The van der Waals surface area contributed by atoms with Crippen molar-refractivity contribution in [3.8, 4) is 5.88 Å². The van der Waals surface area contributed by atoms with E-state index in [1.807, 2.05) is 6.92 Å². The summed E-state index contributed by atoms with van der Waals surface area (Å²) in [6, 6.07) is 4.41. The Morgan fingerprint density at radius 3 is 2.63 bits per heavy atom. The number of ether oxygens (including phenoxy) is 2. The first-order valence-electron chi connectivity index (χ1n) is 10.5. The summed E-state index contributed by atoms with van der Waals surface area (Å²) in [5.41, 5.74) is -0.488. The molecule has 0 saturated heterocycles. The third kappa shape index (κ3) is 7.09. The highest BCUT2D eigenvalue weighted by Crippen LogP contribution is 2.23. The van der Waals surface area contributed by atoms with Crippen LogP contribution in [0.3, 0.4) is 0 Å². The van der Waals surface area contributed by atoms with Crippen LogP contribution in [-0.2, 0) is 16.1 Å².